The molecule has 0 atom stereocenters. The Labute approximate surface area is 278 Å². The maximum Gasteiger partial charge on any atom is 0.160 e. The highest BCUT2D eigenvalue weighted by atomic mass is 14.9. The van der Waals surface area contributed by atoms with E-state index in [0.29, 0.717) is 5.82 Å². The maximum absolute atomic E-state index is 5.39. The number of fused-ring (bicyclic) bond motifs is 4. The van der Waals surface area contributed by atoms with Gasteiger partial charge >= 0.3 is 0 Å². The molecule has 0 bridgehead atoms. The summed E-state index contributed by atoms with van der Waals surface area (Å²) in [6, 6.07) is 58.5. The number of pyridine rings is 2. The third-order valence-electron chi connectivity index (χ3n) is 8.88. The number of aromatic nitrogens is 4. The number of nitrogens with zero attached hydrogens (tertiary/aromatic N) is 4. The lowest BCUT2D eigenvalue weighted by Crippen LogP contribution is -1.99. The summed E-state index contributed by atoms with van der Waals surface area (Å²) >= 11 is 0. The maximum atomic E-state index is 5.39. The van der Waals surface area contributed by atoms with Gasteiger partial charge in [-0.05, 0) is 40.1 Å². The molecule has 0 saturated carbocycles. The number of hydrogen-bond donors (Lipinski definition) is 0. The van der Waals surface area contributed by atoms with E-state index in [1.54, 1.807) is 0 Å². The zero-order chi connectivity index (χ0) is 31.9. The van der Waals surface area contributed by atoms with Crippen LogP contribution in [0.3, 0.4) is 0 Å². The van der Waals surface area contributed by atoms with Crippen molar-refractivity contribution in [3.8, 4) is 56.4 Å². The van der Waals surface area contributed by atoms with Gasteiger partial charge < -0.3 is 0 Å². The molecule has 0 saturated heterocycles. The molecule has 224 valence electrons. The van der Waals surface area contributed by atoms with Crippen LogP contribution in [0.4, 0.5) is 0 Å². The van der Waals surface area contributed by atoms with Crippen LogP contribution in [-0.4, -0.2) is 19.9 Å². The fourth-order valence-corrected chi connectivity index (χ4v) is 6.51. The van der Waals surface area contributed by atoms with Crippen LogP contribution in [0, 0.1) is 0 Å². The molecule has 9 aromatic rings. The smallest absolute Gasteiger partial charge is 0.160 e. The molecule has 0 radical (unpaired) electrons. The normalized spacial score (nSPS) is 11.3. The summed E-state index contributed by atoms with van der Waals surface area (Å²) in [6.45, 7) is 0. The molecule has 4 nitrogen and oxygen atoms in total. The van der Waals surface area contributed by atoms with Crippen molar-refractivity contribution in [2.45, 2.75) is 0 Å². The Morgan fingerprint density at radius 2 is 0.875 bits per heavy atom. The Kier molecular flexibility index (Phi) is 6.76. The van der Waals surface area contributed by atoms with Gasteiger partial charge in [0.1, 0.15) is 0 Å². The van der Waals surface area contributed by atoms with E-state index < -0.39 is 0 Å². The molecule has 0 N–H and O–H groups in total. The highest BCUT2D eigenvalue weighted by molar-refractivity contribution is 6.12. The summed E-state index contributed by atoms with van der Waals surface area (Å²) in [5.74, 6) is 0.656. The minimum atomic E-state index is 0.656. The van der Waals surface area contributed by atoms with Gasteiger partial charge in [0.05, 0.1) is 33.8 Å². The fourth-order valence-electron chi connectivity index (χ4n) is 6.51. The Bertz CT molecular complexity index is 2540. The van der Waals surface area contributed by atoms with Gasteiger partial charge in [0.25, 0.3) is 0 Å². The van der Waals surface area contributed by atoms with E-state index in [1.165, 1.54) is 10.8 Å². The van der Waals surface area contributed by atoms with Crippen molar-refractivity contribution in [2.24, 2.45) is 0 Å². The van der Waals surface area contributed by atoms with Crippen molar-refractivity contribution in [1.82, 2.24) is 19.9 Å². The molecule has 0 aliphatic heterocycles. The summed E-state index contributed by atoms with van der Waals surface area (Å²) < 4.78 is 0. The van der Waals surface area contributed by atoms with Gasteiger partial charge in [-0.25, -0.2) is 19.9 Å². The van der Waals surface area contributed by atoms with Crippen molar-refractivity contribution in [3.63, 3.8) is 0 Å². The lowest BCUT2D eigenvalue weighted by molar-refractivity contribution is 1.17. The molecule has 3 aromatic heterocycles. The quantitative estimate of drug-likeness (QED) is 0.181. The lowest BCUT2D eigenvalue weighted by atomic mass is 9.93. The lowest BCUT2D eigenvalue weighted by Gasteiger charge is -2.15. The van der Waals surface area contributed by atoms with E-state index in [4.69, 9.17) is 19.9 Å². The standard InChI is InChI=1S/C44H28N4/c1-4-14-30(15-5-1)38-26-24-32-23-25-36-37(35-22-12-20-29-13-10-11-21-34(29)35)27-40(46-43(36)42(32)45-38)41-28-39(31-16-6-2-7-17-31)47-44(48-41)33-18-8-3-9-19-33/h1-28H. The van der Waals surface area contributed by atoms with E-state index >= 15 is 0 Å². The third-order valence-corrected chi connectivity index (χ3v) is 8.88. The van der Waals surface area contributed by atoms with Crippen LogP contribution in [0.25, 0.3) is 89.0 Å². The first-order valence-electron chi connectivity index (χ1n) is 16.1. The van der Waals surface area contributed by atoms with Crippen LogP contribution in [0.2, 0.25) is 0 Å². The Morgan fingerprint density at radius 1 is 0.292 bits per heavy atom. The monoisotopic (exact) mass is 612 g/mol. The zero-order valence-electron chi connectivity index (χ0n) is 26.0. The molecule has 9 rings (SSSR count). The molecule has 48 heavy (non-hydrogen) atoms. The molecule has 3 heterocycles. The second-order valence-corrected chi connectivity index (χ2v) is 11.9. The van der Waals surface area contributed by atoms with Crippen LogP contribution >= 0.6 is 0 Å². The second-order valence-electron chi connectivity index (χ2n) is 11.9. The first-order valence-corrected chi connectivity index (χ1v) is 16.1. The van der Waals surface area contributed by atoms with Gasteiger partial charge in [-0.15, -0.1) is 0 Å². The summed E-state index contributed by atoms with van der Waals surface area (Å²) in [7, 11) is 0. The third kappa shape index (κ3) is 4.97. The predicted octanol–water partition coefficient (Wildman–Crippen LogP) is 11.1. The van der Waals surface area contributed by atoms with E-state index in [1.807, 2.05) is 66.7 Å². The highest BCUT2D eigenvalue weighted by Crippen LogP contribution is 2.39. The van der Waals surface area contributed by atoms with Gasteiger partial charge in [0, 0.05) is 27.5 Å². The Balaban J connectivity index is 1.37. The van der Waals surface area contributed by atoms with E-state index in [9.17, 15) is 0 Å². The van der Waals surface area contributed by atoms with Crippen molar-refractivity contribution in [2.75, 3.05) is 0 Å². The van der Waals surface area contributed by atoms with Gasteiger partial charge in [0.2, 0.25) is 0 Å². The first-order chi connectivity index (χ1) is 23.8. The van der Waals surface area contributed by atoms with Gasteiger partial charge in [0.15, 0.2) is 5.82 Å². The molecular weight excluding hydrogens is 585 g/mol. The fraction of sp³-hybridized carbons (Fsp3) is 0. The average molecular weight is 613 g/mol. The average Bonchev–Trinajstić information content (AvgIpc) is 3.18. The van der Waals surface area contributed by atoms with Gasteiger partial charge in [-0.3, -0.25) is 0 Å². The van der Waals surface area contributed by atoms with Crippen LogP contribution in [0.15, 0.2) is 170 Å². The van der Waals surface area contributed by atoms with Gasteiger partial charge in [-0.2, -0.15) is 0 Å². The molecular formula is C44H28N4. The molecule has 0 fully saturated rings. The summed E-state index contributed by atoms with van der Waals surface area (Å²) in [5.41, 5.74) is 10.2. The second kappa shape index (κ2) is 11.7. The Hall–Kier alpha value is -6.52. The summed E-state index contributed by atoms with van der Waals surface area (Å²) in [6.07, 6.45) is 0. The van der Waals surface area contributed by atoms with Crippen molar-refractivity contribution in [1.29, 1.82) is 0 Å². The van der Waals surface area contributed by atoms with Crippen molar-refractivity contribution < 1.29 is 0 Å². The topological polar surface area (TPSA) is 51.6 Å². The summed E-state index contributed by atoms with van der Waals surface area (Å²) in [5, 5.41) is 4.45. The number of rotatable bonds is 5. The van der Waals surface area contributed by atoms with E-state index in [0.717, 1.165) is 72.4 Å². The van der Waals surface area contributed by atoms with Gasteiger partial charge in [-0.1, -0.05) is 152 Å². The van der Waals surface area contributed by atoms with E-state index in [2.05, 4.69) is 103 Å². The summed E-state index contributed by atoms with van der Waals surface area (Å²) in [4.78, 5) is 20.8. The van der Waals surface area contributed by atoms with E-state index in [-0.39, 0.29) is 0 Å². The number of benzene rings is 6. The zero-order valence-corrected chi connectivity index (χ0v) is 26.0. The molecule has 0 aliphatic rings. The van der Waals surface area contributed by atoms with Crippen LogP contribution in [-0.2, 0) is 0 Å². The first kappa shape index (κ1) is 27.8. The molecule has 0 spiro atoms. The van der Waals surface area contributed by atoms with Crippen LogP contribution in [0.1, 0.15) is 0 Å². The minimum absolute atomic E-state index is 0.656. The Morgan fingerprint density at radius 3 is 1.65 bits per heavy atom. The SMILES string of the molecule is c1ccc(-c2cc(-c3cc(-c4cccc5ccccc45)c4ccc5ccc(-c6ccccc6)nc5c4n3)nc(-c3ccccc3)n2)cc1. The van der Waals surface area contributed by atoms with Crippen molar-refractivity contribution >= 4 is 32.6 Å². The predicted molar refractivity (Wildman–Crippen MR) is 197 cm³/mol. The largest absolute Gasteiger partial charge is 0.245 e. The molecule has 0 aliphatic carbocycles. The van der Waals surface area contributed by atoms with Crippen LogP contribution in [0.5, 0.6) is 0 Å². The molecule has 4 heteroatoms. The van der Waals surface area contributed by atoms with Crippen molar-refractivity contribution in [3.05, 3.63) is 170 Å². The molecule has 0 unspecified atom stereocenters. The molecule has 6 aromatic carbocycles. The molecule has 0 amide bonds. The highest BCUT2D eigenvalue weighted by Gasteiger charge is 2.18. The van der Waals surface area contributed by atoms with Crippen LogP contribution < -0.4 is 0 Å². The minimum Gasteiger partial charge on any atom is -0.245 e. The number of hydrogen-bond acceptors (Lipinski definition) is 4.